The molecule has 4 rings (SSSR count). The van der Waals surface area contributed by atoms with E-state index in [-0.39, 0.29) is 29.0 Å². The van der Waals surface area contributed by atoms with Crippen LogP contribution in [0.3, 0.4) is 0 Å². The van der Waals surface area contributed by atoms with Crippen LogP contribution in [0.4, 0.5) is 5.88 Å². The summed E-state index contributed by atoms with van der Waals surface area (Å²) >= 11 is 0. The first-order valence-electron chi connectivity index (χ1n) is 7.60. The molecule has 0 aliphatic heterocycles. The van der Waals surface area contributed by atoms with Crippen molar-refractivity contribution in [1.82, 2.24) is 10.1 Å². The number of para-hydroxylation sites is 1. The molecule has 0 radical (unpaired) electrons. The number of fused-ring (bicyclic) bond motifs is 1. The standard InChI is InChI=1S/C17H14N4O3/c18-15(22)13-14(21-24-17(13)20-16(23)10-5-6-10)12-8-7-9-3-1-2-4-11(9)19-12/h1-4,7-8,10H,5-6H2,(H2,18,22)(H,20,23). The van der Waals surface area contributed by atoms with Gasteiger partial charge in [-0.05, 0) is 25.0 Å². The largest absolute Gasteiger partial charge is 0.365 e. The molecule has 7 heteroatoms. The van der Waals surface area contributed by atoms with Crippen LogP contribution >= 0.6 is 0 Å². The number of nitrogens with two attached hydrogens (primary N) is 1. The predicted octanol–water partition coefficient (Wildman–Crippen LogP) is 2.34. The van der Waals surface area contributed by atoms with Gasteiger partial charge in [-0.3, -0.25) is 14.9 Å². The second-order valence-corrected chi connectivity index (χ2v) is 5.75. The lowest BCUT2D eigenvalue weighted by atomic mass is 10.1. The van der Waals surface area contributed by atoms with E-state index in [0.29, 0.717) is 5.69 Å². The number of carbonyl (C=O) groups excluding carboxylic acids is 2. The second-order valence-electron chi connectivity index (χ2n) is 5.75. The van der Waals surface area contributed by atoms with Gasteiger partial charge in [0.2, 0.25) is 11.8 Å². The van der Waals surface area contributed by atoms with Crippen LogP contribution in [0, 0.1) is 5.92 Å². The number of pyridine rings is 1. The number of nitrogens with zero attached hydrogens (tertiary/aromatic N) is 2. The highest BCUT2D eigenvalue weighted by atomic mass is 16.5. The summed E-state index contributed by atoms with van der Waals surface area (Å²) in [6, 6.07) is 11.2. The Morgan fingerprint density at radius 2 is 1.96 bits per heavy atom. The monoisotopic (exact) mass is 322 g/mol. The number of carbonyl (C=O) groups is 2. The Morgan fingerprint density at radius 3 is 2.71 bits per heavy atom. The molecule has 1 aliphatic carbocycles. The van der Waals surface area contributed by atoms with Gasteiger partial charge in [0.1, 0.15) is 11.3 Å². The van der Waals surface area contributed by atoms with Gasteiger partial charge in [-0.25, -0.2) is 4.98 Å². The van der Waals surface area contributed by atoms with Gasteiger partial charge in [0.25, 0.3) is 5.91 Å². The Labute approximate surface area is 136 Å². The van der Waals surface area contributed by atoms with E-state index in [4.69, 9.17) is 10.3 Å². The van der Waals surface area contributed by atoms with Crippen LogP contribution in [0.5, 0.6) is 0 Å². The fraction of sp³-hybridized carbons (Fsp3) is 0.176. The Bertz CT molecular complexity index is 959. The molecule has 2 aromatic heterocycles. The zero-order chi connectivity index (χ0) is 16.7. The summed E-state index contributed by atoms with van der Waals surface area (Å²) in [5.74, 6) is -0.971. The van der Waals surface area contributed by atoms with Gasteiger partial charge < -0.3 is 10.3 Å². The van der Waals surface area contributed by atoms with Crippen molar-refractivity contribution in [3.8, 4) is 11.4 Å². The topological polar surface area (TPSA) is 111 Å². The minimum atomic E-state index is -0.729. The Morgan fingerprint density at radius 1 is 1.17 bits per heavy atom. The van der Waals surface area contributed by atoms with Crippen LogP contribution < -0.4 is 11.1 Å². The molecule has 1 aromatic carbocycles. The van der Waals surface area contributed by atoms with Gasteiger partial charge in [0, 0.05) is 11.3 Å². The average Bonchev–Trinajstić information content (AvgIpc) is 3.35. The lowest BCUT2D eigenvalue weighted by molar-refractivity contribution is -0.117. The van der Waals surface area contributed by atoms with Crippen LogP contribution in [0.25, 0.3) is 22.3 Å². The molecule has 3 aromatic rings. The molecule has 0 unspecified atom stereocenters. The van der Waals surface area contributed by atoms with Gasteiger partial charge in [0.15, 0.2) is 0 Å². The third-order valence-corrected chi connectivity index (χ3v) is 3.96. The van der Waals surface area contributed by atoms with Crippen LogP contribution in [0.1, 0.15) is 23.2 Å². The third kappa shape index (κ3) is 2.50. The van der Waals surface area contributed by atoms with E-state index in [0.717, 1.165) is 23.7 Å². The first kappa shape index (κ1) is 14.4. The predicted molar refractivity (Wildman–Crippen MR) is 87.1 cm³/mol. The third-order valence-electron chi connectivity index (χ3n) is 3.96. The number of nitrogens with one attached hydrogen (secondary N) is 1. The van der Waals surface area contributed by atoms with Crippen molar-refractivity contribution in [2.24, 2.45) is 11.7 Å². The van der Waals surface area contributed by atoms with E-state index in [9.17, 15) is 9.59 Å². The highest BCUT2D eigenvalue weighted by Crippen LogP contribution is 2.33. The van der Waals surface area contributed by atoms with Gasteiger partial charge in [-0.1, -0.05) is 29.4 Å². The zero-order valence-electron chi connectivity index (χ0n) is 12.7. The number of anilines is 1. The van der Waals surface area contributed by atoms with Crippen molar-refractivity contribution < 1.29 is 14.1 Å². The molecule has 0 spiro atoms. The molecule has 1 aliphatic rings. The Balaban J connectivity index is 1.77. The van der Waals surface area contributed by atoms with E-state index in [1.54, 1.807) is 6.07 Å². The number of aromatic nitrogens is 2. The van der Waals surface area contributed by atoms with E-state index in [2.05, 4.69) is 15.5 Å². The van der Waals surface area contributed by atoms with E-state index >= 15 is 0 Å². The Kier molecular flexibility index (Phi) is 3.26. The van der Waals surface area contributed by atoms with Crippen LogP contribution in [-0.4, -0.2) is 22.0 Å². The molecule has 1 fully saturated rings. The number of benzene rings is 1. The van der Waals surface area contributed by atoms with Gasteiger partial charge >= 0.3 is 0 Å². The lowest BCUT2D eigenvalue weighted by Gasteiger charge is -2.03. The zero-order valence-corrected chi connectivity index (χ0v) is 12.7. The summed E-state index contributed by atoms with van der Waals surface area (Å²) in [5.41, 5.74) is 6.93. The molecule has 1 saturated carbocycles. The maximum Gasteiger partial charge on any atom is 0.256 e. The minimum absolute atomic E-state index is 0.0237. The number of primary amides is 1. The molecule has 2 amide bonds. The molecule has 0 bridgehead atoms. The van der Waals surface area contributed by atoms with Gasteiger partial charge in [-0.2, -0.15) is 0 Å². The average molecular weight is 322 g/mol. The summed E-state index contributed by atoms with van der Waals surface area (Å²) in [6.07, 6.45) is 1.68. The van der Waals surface area contributed by atoms with E-state index in [1.165, 1.54) is 0 Å². The first-order chi connectivity index (χ1) is 11.6. The van der Waals surface area contributed by atoms with Crippen molar-refractivity contribution in [1.29, 1.82) is 0 Å². The molecule has 7 nitrogen and oxygen atoms in total. The number of hydrogen-bond donors (Lipinski definition) is 2. The second kappa shape index (κ2) is 5.45. The summed E-state index contributed by atoms with van der Waals surface area (Å²) in [7, 11) is 0. The van der Waals surface area contributed by atoms with Crippen molar-refractivity contribution in [2.45, 2.75) is 12.8 Å². The lowest BCUT2D eigenvalue weighted by Crippen LogP contribution is -2.18. The maximum atomic E-state index is 11.9. The van der Waals surface area contributed by atoms with Gasteiger partial charge in [0.05, 0.1) is 11.2 Å². The first-order valence-corrected chi connectivity index (χ1v) is 7.60. The number of amides is 2. The molecule has 0 saturated heterocycles. The summed E-state index contributed by atoms with van der Waals surface area (Å²) in [6.45, 7) is 0. The maximum absolute atomic E-state index is 11.9. The highest BCUT2D eigenvalue weighted by Gasteiger charge is 2.32. The van der Waals surface area contributed by atoms with Gasteiger partial charge in [-0.15, -0.1) is 0 Å². The molecule has 24 heavy (non-hydrogen) atoms. The highest BCUT2D eigenvalue weighted by molar-refractivity contribution is 6.06. The summed E-state index contributed by atoms with van der Waals surface area (Å²) in [4.78, 5) is 28.2. The van der Waals surface area contributed by atoms with Crippen molar-refractivity contribution in [2.75, 3.05) is 5.32 Å². The summed E-state index contributed by atoms with van der Waals surface area (Å²) in [5, 5.41) is 7.44. The SMILES string of the molecule is NC(=O)c1c(-c2ccc3ccccc3n2)noc1NC(=O)C1CC1. The van der Waals surface area contributed by atoms with Crippen molar-refractivity contribution in [3.63, 3.8) is 0 Å². The molecule has 2 heterocycles. The normalized spacial score (nSPS) is 13.8. The van der Waals surface area contributed by atoms with E-state index in [1.807, 2.05) is 30.3 Å². The van der Waals surface area contributed by atoms with E-state index < -0.39 is 5.91 Å². The van der Waals surface area contributed by atoms with Crippen molar-refractivity contribution >= 4 is 28.6 Å². The molecular weight excluding hydrogens is 308 g/mol. The smallest absolute Gasteiger partial charge is 0.256 e. The van der Waals surface area contributed by atoms with Crippen molar-refractivity contribution in [3.05, 3.63) is 42.0 Å². The summed E-state index contributed by atoms with van der Waals surface area (Å²) < 4.78 is 5.15. The fourth-order valence-corrected chi connectivity index (χ4v) is 2.54. The molecule has 3 N–H and O–H groups in total. The van der Waals surface area contributed by atoms with Crippen LogP contribution in [0.2, 0.25) is 0 Å². The van der Waals surface area contributed by atoms with Crippen LogP contribution in [0.15, 0.2) is 40.9 Å². The Hall–Kier alpha value is -3.22. The molecule has 0 atom stereocenters. The number of hydrogen-bond acceptors (Lipinski definition) is 5. The molecule has 120 valence electrons. The molecular formula is C17H14N4O3. The quantitative estimate of drug-likeness (QED) is 0.766. The fourth-order valence-electron chi connectivity index (χ4n) is 2.54. The number of rotatable bonds is 4. The minimum Gasteiger partial charge on any atom is -0.365 e. The van der Waals surface area contributed by atoms with Crippen LogP contribution in [-0.2, 0) is 4.79 Å².